The van der Waals surface area contributed by atoms with E-state index >= 15 is 0 Å². The number of ether oxygens (including phenoxy) is 1. The topological polar surface area (TPSA) is 41.9 Å². The summed E-state index contributed by atoms with van der Waals surface area (Å²) >= 11 is 0. The molecule has 0 saturated carbocycles. The molecule has 2 aliphatic rings. The highest BCUT2D eigenvalue weighted by Gasteiger charge is 2.37. The fourth-order valence-electron chi connectivity index (χ4n) is 5.21. The number of aliphatic imine (C=N–C) groups is 1. The van der Waals surface area contributed by atoms with Crippen LogP contribution in [0.1, 0.15) is 58.8 Å². The molecule has 0 spiro atoms. The molecule has 1 heterocycles. The number of aryl methyl sites for hydroxylation is 1. The van der Waals surface area contributed by atoms with Gasteiger partial charge in [0.15, 0.2) is 5.78 Å². The van der Waals surface area contributed by atoms with Crippen LogP contribution >= 0.6 is 0 Å². The molecule has 0 N–H and O–H groups in total. The van der Waals surface area contributed by atoms with Gasteiger partial charge in [-0.1, -0.05) is 60.7 Å². The van der Waals surface area contributed by atoms with Crippen molar-refractivity contribution in [3.05, 3.63) is 101 Å². The summed E-state index contributed by atoms with van der Waals surface area (Å²) in [6.45, 7) is 3.71. The molecule has 4 heteroatoms. The van der Waals surface area contributed by atoms with Gasteiger partial charge in [-0.2, -0.15) is 0 Å². The van der Waals surface area contributed by atoms with Gasteiger partial charge in [-0.15, -0.1) is 0 Å². The van der Waals surface area contributed by atoms with Crippen molar-refractivity contribution in [1.29, 1.82) is 0 Å². The van der Waals surface area contributed by atoms with Gasteiger partial charge in [0.05, 0.1) is 12.9 Å². The lowest BCUT2D eigenvalue weighted by atomic mass is 9.85. The number of carbonyl (C=O) groups excluding carboxylic acids is 1. The quantitative estimate of drug-likeness (QED) is 0.422. The van der Waals surface area contributed by atoms with E-state index in [0.717, 1.165) is 62.1 Å². The Hall–Kier alpha value is -3.40. The largest absolute Gasteiger partial charge is 0.464 e. The molecule has 3 aromatic rings. The van der Waals surface area contributed by atoms with Crippen LogP contribution in [0.4, 0.5) is 0 Å². The summed E-state index contributed by atoms with van der Waals surface area (Å²) in [6, 6.07) is 25.0. The van der Waals surface area contributed by atoms with Crippen molar-refractivity contribution in [1.82, 2.24) is 4.90 Å². The highest BCUT2D eigenvalue weighted by atomic mass is 16.5. The minimum absolute atomic E-state index is 0.259. The molecule has 0 radical (unpaired) electrons. The number of benzene rings is 3. The molecule has 1 atom stereocenters. The molecule has 0 saturated heterocycles. The molecule has 0 unspecified atom stereocenters. The summed E-state index contributed by atoms with van der Waals surface area (Å²) in [5.74, 6) is 1.14. The standard InChI is InChI=1S/C30H32N2O2/c1-30(32-21-20-31-22-32,24-13-6-3-7-14-24)34-29-19-18-26-25(15-9-17-28(26)33)27(29)16-8-12-23-10-4-2-5-11-23/h2-7,10-11,13-14,18-19,22H,8-9,12,15-17,20-21H2,1H3/t30-/m0/s1. The van der Waals surface area contributed by atoms with E-state index in [9.17, 15) is 4.79 Å². The third-order valence-electron chi connectivity index (χ3n) is 7.11. The lowest BCUT2D eigenvalue weighted by Gasteiger charge is -2.39. The van der Waals surface area contributed by atoms with Gasteiger partial charge in [0.2, 0.25) is 5.72 Å². The highest BCUT2D eigenvalue weighted by molar-refractivity contribution is 5.99. The van der Waals surface area contributed by atoms with Crippen LogP contribution in [0.25, 0.3) is 0 Å². The van der Waals surface area contributed by atoms with Crippen LogP contribution in [0.5, 0.6) is 5.75 Å². The Labute approximate surface area is 202 Å². The van der Waals surface area contributed by atoms with Crippen LogP contribution in [0.3, 0.4) is 0 Å². The van der Waals surface area contributed by atoms with Crippen LogP contribution in [-0.4, -0.2) is 30.1 Å². The second-order valence-corrected chi connectivity index (χ2v) is 9.35. The first-order chi connectivity index (χ1) is 16.6. The molecule has 174 valence electrons. The van der Waals surface area contributed by atoms with Crippen molar-refractivity contribution in [2.45, 2.75) is 51.2 Å². The van der Waals surface area contributed by atoms with Gasteiger partial charge in [0.1, 0.15) is 5.75 Å². The van der Waals surface area contributed by atoms with Crippen molar-refractivity contribution in [2.75, 3.05) is 13.1 Å². The van der Waals surface area contributed by atoms with Crippen LogP contribution < -0.4 is 4.74 Å². The van der Waals surface area contributed by atoms with E-state index in [1.54, 1.807) is 0 Å². The van der Waals surface area contributed by atoms with Gasteiger partial charge >= 0.3 is 0 Å². The number of Topliss-reactive ketones (excluding diaryl/α,β-unsaturated/α-hetero) is 1. The first-order valence-corrected chi connectivity index (χ1v) is 12.4. The number of rotatable bonds is 8. The zero-order chi connectivity index (χ0) is 23.4. The summed E-state index contributed by atoms with van der Waals surface area (Å²) in [5.41, 5.74) is 5.02. The molecule has 3 aromatic carbocycles. The van der Waals surface area contributed by atoms with Crippen LogP contribution in [0.15, 0.2) is 77.8 Å². The van der Waals surface area contributed by atoms with E-state index in [1.165, 1.54) is 16.7 Å². The second-order valence-electron chi connectivity index (χ2n) is 9.35. The minimum atomic E-state index is -0.678. The Kier molecular flexibility index (Phi) is 6.48. The number of hydrogen-bond donors (Lipinski definition) is 0. The summed E-state index contributed by atoms with van der Waals surface area (Å²) in [5, 5.41) is 0. The Morgan fingerprint density at radius 1 is 0.941 bits per heavy atom. The molecular formula is C30H32N2O2. The van der Waals surface area contributed by atoms with Gasteiger partial charge in [-0.25, -0.2) is 0 Å². The zero-order valence-electron chi connectivity index (χ0n) is 19.9. The third-order valence-corrected chi connectivity index (χ3v) is 7.11. The smallest absolute Gasteiger partial charge is 0.207 e. The Bertz CT molecular complexity index is 1170. The fraction of sp³-hybridized carbons (Fsp3) is 0.333. The maximum absolute atomic E-state index is 12.7. The monoisotopic (exact) mass is 452 g/mol. The second kappa shape index (κ2) is 9.84. The summed E-state index contributed by atoms with van der Waals surface area (Å²) < 4.78 is 6.93. The number of ketones is 1. The van der Waals surface area contributed by atoms with Crippen molar-refractivity contribution >= 4 is 12.1 Å². The summed E-state index contributed by atoms with van der Waals surface area (Å²) in [4.78, 5) is 19.3. The molecule has 1 aliphatic heterocycles. The minimum Gasteiger partial charge on any atom is -0.464 e. The van der Waals surface area contributed by atoms with E-state index in [2.05, 4.69) is 71.4 Å². The molecule has 1 aliphatic carbocycles. The maximum Gasteiger partial charge on any atom is 0.207 e. The van der Waals surface area contributed by atoms with Crippen molar-refractivity contribution in [3.63, 3.8) is 0 Å². The van der Waals surface area contributed by atoms with Crippen LogP contribution in [0.2, 0.25) is 0 Å². The fourth-order valence-corrected chi connectivity index (χ4v) is 5.21. The van der Waals surface area contributed by atoms with Gasteiger partial charge < -0.3 is 9.64 Å². The Morgan fingerprint density at radius 2 is 1.71 bits per heavy atom. The molecule has 0 amide bonds. The van der Waals surface area contributed by atoms with E-state index in [-0.39, 0.29) is 5.78 Å². The maximum atomic E-state index is 12.7. The van der Waals surface area contributed by atoms with Gasteiger partial charge in [0, 0.05) is 24.1 Å². The average molecular weight is 453 g/mol. The van der Waals surface area contributed by atoms with Gasteiger partial charge in [-0.05, 0) is 67.9 Å². The first-order valence-electron chi connectivity index (χ1n) is 12.4. The number of fused-ring (bicyclic) bond motifs is 1. The average Bonchev–Trinajstić information content (AvgIpc) is 3.42. The molecule has 34 heavy (non-hydrogen) atoms. The van der Waals surface area contributed by atoms with E-state index < -0.39 is 5.72 Å². The first kappa shape index (κ1) is 22.4. The zero-order valence-corrected chi connectivity index (χ0v) is 19.9. The number of nitrogens with zero attached hydrogens (tertiary/aromatic N) is 2. The lowest BCUT2D eigenvalue weighted by molar-refractivity contribution is -0.0259. The molecule has 0 bridgehead atoms. The van der Waals surface area contributed by atoms with Crippen molar-refractivity contribution < 1.29 is 9.53 Å². The highest BCUT2D eigenvalue weighted by Crippen LogP contribution is 2.38. The van der Waals surface area contributed by atoms with Crippen LogP contribution in [-0.2, 0) is 25.0 Å². The summed E-state index contributed by atoms with van der Waals surface area (Å²) in [6.07, 6.45) is 7.30. The molecule has 5 rings (SSSR count). The van der Waals surface area contributed by atoms with E-state index in [0.29, 0.717) is 6.42 Å². The third kappa shape index (κ3) is 4.50. The molecule has 4 nitrogen and oxygen atoms in total. The molecular weight excluding hydrogens is 420 g/mol. The Morgan fingerprint density at radius 3 is 2.44 bits per heavy atom. The van der Waals surface area contributed by atoms with E-state index in [1.807, 2.05) is 24.5 Å². The van der Waals surface area contributed by atoms with Gasteiger partial charge in [0.25, 0.3) is 0 Å². The number of carbonyl (C=O) groups is 1. The predicted molar refractivity (Wildman–Crippen MR) is 137 cm³/mol. The van der Waals surface area contributed by atoms with Gasteiger partial charge in [-0.3, -0.25) is 9.79 Å². The molecule has 0 fully saturated rings. The SMILES string of the molecule is C[C@](Oc1ccc2c(c1CCCc1ccccc1)CCCC2=O)(c1ccccc1)N1C=NCC1. The lowest BCUT2D eigenvalue weighted by Crippen LogP contribution is -2.47. The van der Waals surface area contributed by atoms with Crippen LogP contribution in [0, 0.1) is 0 Å². The van der Waals surface area contributed by atoms with Crippen molar-refractivity contribution in [3.8, 4) is 5.75 Å². The predicted octanol–water partition coefficient (Wildman–Crippen LogP) is 5.98. The van der Waals surface area contributed by atoms with Crippen molar-refractivity contribution in [2.24, 2.45) is 4.99 Å². The normalized spacial score (nSPS) is 16.9. The molecule has 0 aromatic heterocycles. The summed E-state index contributed by atoms with van der Waals surface area (Å²) in [7, 11) is 0. The Balaban J connectivity index is 1.50. The number of hydrogen-bond acceptors (Lipinski definition) is 4. The van der Waals surface area contributed by atoms with E-state index in [4.69, 9.17) is 4.74 Å².